The molecule has 0 bridgehead atoms. The number of carbonyl (C=O) groups is 2. The van der Waals surface area contributed by atoms with Gasteiger partial charge in [-0.25, -0.2) is 9.59 Å². The monoisotopic (exact) mass is 320 g/mol. The highest BCUT2D eigenvalue weighted by molar-refractivity contribution is 5.93. The number of hydrogen-bond donors (Lipinski definition) is 2. The van der Waals surface area contributed by atoms with Gasteiger partial charge in [-0.05, 0) is 42.0 Å². The largest absolute Gasteiger partial charge is 0.478 e. The summed E-state index contributed by atoms with van der Waals surface area (Å²) in [6.07, 6.45) is 6.15. The topological polar surface area (TPSA) is 74.6 Å². The Labute approximate surface area is 138 Å². The Bertz CT molecular complexity index is 536. The summed E-state index contributed by atoms with van der Waals surface area (Å²) >= 11 is 0. The van der Waals surface area contributed by atoms with E-state index in [1.807, 2.05) is 0 Å². The van der Waals surface area contributed by atoms with E-state index in [2.05, 4.69) is 20.8 Å². The Hall–Kier alpha value is -1.84. The summed E-state index contributed by atoms with van der Waals surface area (Å²) < 4.78 is 0. The van der Waals surface area contributed by atoms with Gasteiger partial charge >= 0.3 is 11.9 Å². The third-order valence-corrected chi connectivity index (χ3v) is 4.54. The van der Waals surface area contributed by atoms with Gasteiger partial charge in [0, 0.05) is 0 Å². The van der Waals surface area contributed by atoms with Crippen molar-refractivity contribution in [2.24, 2.45) is 11.8 Å². The van der Waals surface area contributed by atoms with Crippen LogP contribution in [0.4, 0.5) is 0 Å². The molecule has 0 aliphatic heterocycles. The fourth-order valence-electron chi connectivity index (χ4n) is 3.11. The van der Waals surface area contributed by atoms with Crippen molar-refractivity contribution in [1.82, 2.24) is 0 Å². The second-order valence-corrected chi connectivity index (χ2v) is 6.35. The SMILES string of the molecule is CCCCC(C)C(CCC)Cc1cc(C(=O)O)ccc1C(=O)O. The maximum Gasteiger partial charge on any atom is 0.335 e. The van der Waals surface area contributed by atoms with E-state index in [4.69, 9.17) is 5.11 Å². The molecule has 1 rings (SSSR count). The lowest BCUT2D eigenvalue weighted by Crippen LogP contribution is -2.17. The van der Waals surface area contributed by atoms with Crippen LogP contribution in [0.15, 0.2) is 18.2 Å². The minimum Gasteiger partial charge on any atom is -0.478 e. The quantitative estimate of drug-likeness (QED) is 0.645. The van der Waals surface area contributed by atoms with E-state index in [1.165, 1.54) is 24.6 Å². The maximum absolute atomic E-state index is 11.4. The zero-order valence-corrected chi connectivity index (χ0v) is 14.3. The first-order valence-electron chi connectivity index (χ1n) is 8.50. The molecule has 0 heterocycles. The molecular weight excluding hydrogens is 292 g/mol. The van der Waals surface area contributed by atoms with E-state index in [0.717, 1.165) is 25.7 Å². The molecule has 0 spiro atoms. The molecule has 2 N–H and O–H groups in total. The first kappa shape index (κ1) is 19.2. The van der Waals surface area contributed by atoms with Crippen LogP contribution >= 0.6 is 0 Å². The second kappa shape index (κ2) is 9.33. The highest BCUT2D eigenvalue weighted by Gasteiger charge is 2.21. The third kappa shape index (κ3) is 5.70. The van der Waals surface area contributed by atoms with Crippen LogP contribution in [0.5, 0.6) is 0 Å². The summed E-state index contributed by atoms with van der Waals surface area (Å²) in [6.45, 7) is 6.52. The van der Waals surface area contributed by atoms with Crippen molar-refractivity contribution in [3.05, 3.63) is 34.9 Å². The number of carboxylic acid groups (broad SMARTS) is 2. The highest BCUT2D eigenvalue weighted by Crippen LogP contribution is 2.28. The molecule has 4 heteroatoms. The van der Waals surface area contributed by atoms with E-state index in [-0.39, 0.29) is 11.1 Å². The molecule has 23 heavy (non-hydrogen) atoms. The van der Waals surface area contributed by atoms with E-state index < -0.39 is 11.9 Å². The Kier molecular flexibility index (Phi) is 7.79. The van der Waals surface area contributed by atoms with Crippen molar-refractivity contribution in [2.45, 2.75) is 59.3 Å². The van der Waals surface area contributed by atoms with Crippen LogP contribution < -0.4 is 0 Å². The van der Waals surface area contributed by atoms with Crippen molar-refractivity contribution < 1.29 is 19.8 Å². The zero-order chi connectivity index (χ0) is 17.4. The molecule has 2 atom stereocenters. The van der Waals surface area contributed by atoms with Crippen LogP contribution in [0.1, 0.15) is 79.2 Å². The molecule has 0 aromatic heterocycles. The van der Waals surface area contributed by atoms with Crippen molar-refractivity contribution in [3.8, 4) is 0 Å². The van der Waals surface area contributed by atoms with Crippen LogP contribution in [0.2, 0.25) is 0 Å². The van der Waals surface area contributed by atoms with Crippen LogP contribution in [-0.2, 0) is 6.42 Å². The number of carboxylic acids is 2. The average Bonchev–Trinajstić information content (AvgIpc) is 2.51. The van der Waals surface area contributed by atoms with Gasteiger partial charge in [0.2, 0.25) is 0 Å². The Balaban J connectivity index is 3.07. The maximum atomic E-state index is 11.4. The van der Waals surface area contributed by atoms with E-state index >= 15 is 0 Å². The molecule has 128 valence electrons. The summed E-state index contributed by atoms with van der Waals surface area (Å²) in [4.78, 5) is 22.6. The second-order valence-electron chi connectivity index (χ2n) is 6.35. The van der Waals surface area contributed by atoms with E-state index in [0.29, 0.717) is 23.8 Å². The van der Waals surface area contributed by atoms with Gasteiger partial charge in [-0.3, -0.25) is 0 Å². The highest BCUT2D eigenvalue weighted by atomic mass is 16.4. The summed E-state index contributed by atoms with van der Waals surface area (Å²) in [5, 5.41) is 18.5. The summed E-state index contributed by atoms with van der Waals surface area (Å²) in [5.41, 5.74) is 1.01. The van der Waals surface area contributed by atoms with E-state index in [9.17, 15) is 14.7 Å². The molecule has 2 unspecified atom stereocenters. The van der Waals surface area contributed by atoms with Gasteiger partial charge in [-0.15, -0.1) is 0 Å². The fraction of sp³-hybridized carbons (Fsp3) is 0.579. The van der Waals surface area contributed by atoms with Gasteiger partial charge in [0.15, 0.2) is 0 Å². The molecule has 0 saturated carbocycles. The van der Waals surface area contributed by atoms with Crippen LogP contribution in [-0.4, -0.2) is 22.2 Å². The van der Waals surface area contributed by atoms with Crippen LogP contribution in [0.25, 0.3) is 0 Å². The van der Waals surface area contributed by atoms with Gasteiger partial charge in [0.25, 0.3) is 0 Å². The fourth-order valence-corrected chi connectivity index (χ4v) is 3.11. The van der Waals surface area contributed by atoms with Gasteiger partial charge < -0.3 is 10.2 Å². The predicted octanol–water partition coefficient (Wildman–Crippen LogP) is 4.87. The van der Waals surface area contributed by atoms with Gasteiger partial charge in [0.1, 0.15) is 0 Å². The Morgan fingerprint density at radius 3 is 2.26 bits per heavy atom. The first-order valence-corrected chi connectivity index (χ1v) is 8.50. The molecule has 0 radical (unpaired) electrons. The minimum absolute atomic E-state index is 0.154. The lowest BCUT2D eigenvalue weighted by molar-refractivity contribution is 0.0679. The number of aromatic carboxylic acids is 2. The average molecular weight is 320 g/mol. The zero-order valence-electron chi connectivity index (χ0n) is 14.3. The standard InChI is InChI=1S/C19H28O4/c1-4-6-8-13(3)14(7-5-2)11-16-12-15(18(20)21)9-10-17(16)19(22)23/h9-10,12-14H,4-8,11H2,1-3H3,(H,20,21)(H,22,23). The van der Waals surface area contributed by atoms with Crippen molar-refractivity contribution in [2.75, 3.05) is 0 Å². The molecule has 1 aromatic carbocycles. The summed E-state index contributed by atoms with van der Waals surface area (Å²) in [6, 6.07) is 4.31. The molecule has 0 saturated heterocycles. The summed E-state index contributed by atoms with van der Waals surface area (Å²) in [7, 11) is 0. The normalized spacial score (nSPS) is 13.5. The lowest BCUT2D eigenvalue weighted by atomic mass is 9.81. The van der Waals surface area contributed by atoms with Crippen molar-refractivity contribution >= 4 is 11.9 Å². The molecule has 1 aromatic rings. The van der Waals surface area contributed by atoms with Crippen molar-refractivity contribution in [1.29, 1.82) is 0 Å². The van der Waals surface area contributed by atoms with E-state index in [1.54, 1.807) is 0 Å². The molecule has 4 nitrogen and oxygen atoms in total. The Morgan fingerprint density at radius 2 is 1.74 bits per heavy atom. The molecule has 0 aliphatic carbocycles. The van der Waals surface area contributed by atoms with Gasteiger partial charge in [0.05, 0.1) is 11.1 Å². The smallest absolute Gasteiger partial charge is 0.335 e. The van der Waals surface area contributed by atoms with Crippen LogP contribution in [0.3, 0.4) is 0 Å². The molecule has 0 amide bonds. The minimum atomic E-state index is -1.02. The predicted molar refractivity (Wildman–Crippen MR) is 91.2 cm³/mol. The Morgan fingerprint density at radius 1 is 1.04 bits per heavy atom. The number of rotatable bonds is 10. The summed E-state index contributed by atoms with van der Waals surface area (Å²) in [5.74, 6) is -1.12. The molecule has 0 aliphatic rings. The third-order valence-electron chi connectivity index (χ3n) is 4.54. The van der Waals surface area contributed by atoms with Gasteiger partial charge in [-0.2, -0.15) is 0 Å². The molecule has 0 fully saturated rings. The number of unbranched alkanes of at least 4 members (excludes halogenated alkanes) is 1. The van der Waals surface area contributed by atoms with Crippen molar-refractivity contribution in [3.63, 3.8) is 0 Å². The molecular formula is C19H28O4. The first-order chi connectivity index (χ1) is 10.9. The number of benzene rings is 1. The lowest BCUT2D eigenvalue weighted by Gasteiger charge is -2.24. The number of hydrogen-bond acceptors (Lipinski definition) is 2. The van der Waals surface area contributed by atoms with Crippen LogP contribution in [0, 0.1) is 11.8 Å². The van der Waals surface area contributed by atoms with Gasteiger partial charge in [-0.1, -0.05) is 52.9 Å².